The molecule has 11 heavy (non-hydrogen) atoms. The Labute approximate surface area is 74.8 Å². The summed E-state index contributed by atoms with van der Waals surface area (Å²) in [7, 11) is 0. The van der Waals surface area contributed by atoms with Crippen LogP contribution in [0, 0.1) is 5.92 Å². The molecule has 0 aliphatic carbocycles. The van der Waals surface area contributed by atoms with Gasteiger partial charge in [-0.1, -0.05) is 32.1 Å². The fourth-order valence-corrected chi connectivity index (χ4v) is 1.23. The first-order valence-electron chi connectivity index (χ1n) is 4.04. The van der Waals surface area contributed by atoms with Crippen molar-refractivity contribution in [2.24, 2.45) is 5.92 Å². The summed E-state index contributed by atoms with van der Waals surface area (Å²) < 4.78 is 0. The van der Waals surface area contributed by atoms with Crippen LogP contribution in [-0.2, 0) is 0 Å². The van der Waals surface area contributed by atoms with Crippen molar-refractivity contribution in [2.45, 2.75) is 20.8 Å². The second-order valence-corrected chi connectivity index (χ2v) is 3.72. The van der Waals surface area contributed by atoms with E-state index in [0.717, 1.165) is 5.75 Å². The van der Waals surface area contributed by atoms with Gasteiger partial charge in [-0.15, -0.1) is 0 Å². The molecule has 0 rings (SSSR count). The lowest BCUT2D eigenvalue weighted by molar-refractivity contribution is 0.790. The SMILES string of the molecule is C/C=C\C(=C/CSC)C(C)C. The minimum absolute atomic E-state index is 0.651. The molecule has 0 aliphatic heterocycles. The maximum absolute atomic E-state index is 2.30. The summed E-state index contributed by atoms with van der Waals surface area (Å²) in [5.74, 6) is 1.77. The van der Waals surface area contributed by atoms with Crippen LogP contribution in [0.15, 0.2) is 23.8 Å². The molecule has 1 heteroatoms. The highest BCUT2D eigenvalue weighted by Gasteiger charge is 1.96. The third-order valence-corrected chi connectivity index (χ3v) is 2.01. The molecule has 0 heterocycles. The summed E-state index contributed by atoms with van der Waals surface area (Å²) in [5.41, 5.74) is 1.45. The van der Waals surface area contributed by atoms with Gasteiger partial charge < -0.3 is 0 Å². The molecule has 0 N–H and O–H groups in total. The second kappa shape index (κ2) is 6.53. The lowest BCUT2D eigenvalue weighted by Gasteiger charge is -2.05. The number of thioether (sulfide) groups is 1. The van der Waals surface area contributed by atoms with E-state index in [1.165, 1.54) is 5.57 Å². The Morgan fingerprint density at radius 3 is 2.45 bits per heavy atom. The molecule has 0 aliphatic rings. The predicted octanol–water partition coefficient (Wildman–Crippen LogP) is 3.51. The van der Waals surface area contributed by atoms with Crippen LogP contribution in [0.5, 0.6) is 0 Å². The number of hydrogen-bond acceptors (Lipinski definition) is 1. The molecule has 0 saturated carbocycles. The van der Waals surface area contributed by atoms with E-state index in [-0.39, 0.29) is 0 Å². The van der Waals surface area contributed by atoms with Gasteiger partial charge in [0, 0.05) is 5.75 Å². The molecular formula is C10H18S. The summed E-state index contributed by atoms with van der Waals surface area (Å²) >= 11 is 1.86. The molecule has 0 atom stereocenters. The molecule has 0 amide bonds. The molecule has 0 radical (unpaired) electrons. The van der Waals surface area contributed by atoms with Gasteiger partial charge in [-0.2, -0.15) is 11.8 Å². The van der Waals surface area contributed by atoms with Crippen LogP contribution < -0.4 is 0 Å². The second-order valence-electron chi connectivity index (χ2n) is 2.81. The smallest absolute Gasteiger partial charge is 0.0116 e. The Kier molecular flexibility index (Phi) is 6.43. The maximum atomic E-state index is 2.30. The van der Waals surface area contributed by atoms with Gasteiger partial charge in [0.2, 0.25) is 0 Å². The molecule has 0 unspecified atom stereocenters. The normalized spacial score (nSPS) is 13.4. The van der Waals surface area contributed by atoms with Gasteiger partial charge in [0.15, 0.2) is 0 Å². The average molecular weight is 170 g/mol. The van der Waals surface area contributed by atoms with Gasteiger partial charge >= 0.3 is 0 Å². The first-order chi connectivity index (χ1) is 5.22. The first kappa shape index (κ1) is 10.8. The van der Waals surface area contributed by atoms with Gasteiger partial charge in [0.05, 0.1) is 0 Å². The van der Waals surface area contributed by atoms with Crippen LogP contribution in [-0.4, -0.2) is 12.0 Å². The van der Waals surface area contributed by atoms with Crippen molar-refractivity contribution in [3.63, 3.8) is 0 Å². The zero-order valence-electron chi connectivity index (χ0n) is 7.92. The molecule has 64 valence electrons. The Morgan fingerprint density at radius 1 is 1.45 bits per heavy atom. The van der Waals surface area contributed by atoms with Gasteiger partial charge in [-0.25, -0.2) is 0 Å². The molecule has 0 aromatic rings. The van der Waals surface area contributed by atoms with E-state index in [1.54, 1.807) is 0 Å². The monoisotopic (exact) mass is 170 g/mol. The predicted molar refractivity (Wildman–Crippen MR) is 56.1 cm³/mol. The standard InChI is InChI=1S/C10H18S/c1-5-6-10(9(2)3)7-8-11-4/h5-7,9H,8H2,1-4H3/b6-5-,10-7+. The molecule has 0 nitrogen and oxygen atoms in total. The summed E-state index contributed by atoms with van der Waals surface area (Å²) in [6.07, 6.45) is 8.73. The highest BCUT2D eigenvalue weighted by atomic mass is 32.2. The molecule has 0 saturated heterocycles. The van der Waals surface area contributed by atoms with Crippen molar-refractivity contribution in [1.82, 2.24) is 0 Å². The van der Waals surface area contributed by atoms with E-state index in [2.05, 4.69) is 45.3 Å². The highest BCUT2D eigenvalue weighted by molar-refractivity contribution is 7.98. The summed E-state index contributed by atoms with van der Waals surface area (Å²) in [4.78, 5) is 0. The van der Waals surface area contributed by atoms with Crippen molar-refractivity contribution in [3.05, 3.63) is 23.8 Å². The minimum Gasteiger partial charge on any atom is -0.161 e. The molecule has 0 bridgehead atoms. The third kappa shape index (κ3) is 5.14. The van der Waals surface area contributed by atoms with E-state index in [0.29, 0.717) is 5.92 Å². The van der Waals surface area contributed by atoms with Gasteiger partial charge in [0.1, 0.15) is 0 Å². The molecule has 0 fully saturated rings. The quantitative estimate of drug-likeness (QED) is 0.582. The van der Waals surface area contributed by atoms with Crippen LogP contribution in [0.3, 0.4) is 0 Å². The Hall–Kier alpha value is -0.170. The van der Waals surface area contributed by atoms with E-state index in [1.807, 2.05) is 11.8 Å². The first-order valence-corrected chi connectivity index (χ1v) is 5.43. The zero-order chi connectivity index (χ0) is 8.69. The van der Waals surface area contributed by atoms with E-state index in [9.17, 15) is 0 Å². The van der Waals surface area contributed by atoms with E-state index in [4.69, 9.17) is 0 Å². The number of rotatable bonds is 4. The van der Waals surface area contributed by atoms with Crippen LogP contribution in [0.25, 0.3) is 0 Å². The Morgan fingerprint density at radius 2 is 2.09 bits per heavy atom. The molecular weight excluding hydrogens is 152 g/mol. The fourth-order valence-electron chi connectivity index (χ4n) is 0.868. The highest BCUT2D eigenvalue weighted by Crippen LogP contribution is 2.11. The largest absolute Gasteiger partial charge is 0.161 e. The summed E-state index contributed by atoms with van der Waals surface area (Å²) in [6, 6.07) is 0. The Balaban J connectivity index is 4.08. The molecule has 0 spiro atoms. The molecule has 0 aromatic heterocycles. The van der Waals surface area contributed by atoms with Crippen molar-refractivity contribution < 1.29 is 0 Å². The zero-order valence-corrected chi connectivity index (χ0v) is 8.74. The summed E-state index contributed by atoms with van der Waals surface area (Å²) in [6.45, 7) is 6.52. The van der Waals surface area contributed by atoms with Crippen molar-refractivity contribution in [3.8, 4) is 0 Å². The maximum Gasteiger partial charge on any atom is 0.0116 e. The Bertz CT molecular complexity index is 143. The van der Waals surface area contributed by atoms with Gasteiger partial charge in [-0.3, -0.25) is 0 Å². The van der Waals surface area contributed by atoms with Gasteiger partial charge in [-0.05, 0) is 24.7 Å². The average Bonchev–Trinajstić information content (AvgIpc) is 1.97. The van der Waals surface area contributed by atoms with E-state index >= 15 is 0 Å². The lowest BCUT2D eigenvalue weighted by atomic mass is 10.0. The van der Waals surface area contributed by atoms with E-state index < -0.39 is 0 Å². The van der Waals surface area contributed by atoms with Crippen molar-refractivity contribution >= 4 is 11.8 Å². The summed E-state index contributed by atoms with van der Waals surface area (Å²) in [5, 5.41) is 0. The van der Waals surface area contributed by atoms with Crippen molar-refractivity contribution in [1.29, 1.82) is 0 Å². The molecule has 0 aromatic carbocycles. The fraction of sp³-hybridized carbons (Fsp3) is 0.600. The van der Waals surface area contributed by atoms with Crippen LogP contribution in [0.2, 0.25) is 0 Å². The number of allylic oxidation sites excluding steroid dienone is 3. The van der Waals surface area contributed by atoms with Crippen LogP contribution in [0.4, 0.5) is 0 Å². The third-order valence-electron chi connectivity index (χ3n) is 1.51. The topological polar surface area (TPSA) is 0 Å². The minimum atomic E-state index is 0.651. The van der Waals surface area contributed by atoms with Crippen LogP contribution in [0.1, 0.15) is 20.8 Å². The van der Waals surface area contributed by atoms with Crippen molar-refractivity contribution in [2.75, 3.05) is 12.0 Å². The van der Waals surface area contributed by atoms with Gasteiger partial charge in [0.25, 0.3) is 0 Å². The number of hydrogen-bond donors (Lipinski definition) is 0. The lowest BCUT2D eigenvalue weighted by Crippen LogP contribution is -1.90. The van der Waals surface area contributed by atoms with Crippen LogP contribution >= 0.6 is 11.8 Å².